The molecule has 0 spiro atoms. The lowest BCUT2D eigenvalue weighted by molar-refractivity contribution is -0.152. The molecule has 0 saturated heterocycles. The summed E-state index contributed by atoms with van der Waals surface area (Å²) in [6.07, 6.45) is 3.67. The number of aryl methyl sites for hydroxylation is 1. The molecule has 4 aromatic rings. The molecule has 0 aliphatic heterocycles. The minimum Gasteiger partial charge on any atom is -0.464 e. The zero-order valence-corrected chi connectivity index (χ0v) is 22.1. The number of hydroxylamine groups is 1. The standard InChI is InChI=1S/C29H33N7O3/c1-3-38-26(37)18-39-35-27(22-6-4-5-15-32-22)29(13-14-29)20-9-12-24-23(16-20)34-25(36(24)2)17-33-21-10-7-19(8-11-21)28(30)31/h4-12,15-16,27,33,35H,3,13-14,17-18H2,1-2H3,(H3,30,31). The third-order valence-corrected chi connectivity index (χ3v) is 7.22. The molecule has 1 aliphatic carbocycles. The van der Waals surface area contributed by atoms with Gasteiger partial charge in [0.2, 0.25) is 0 Å². The average Bonchev–Trinajstić information content (AvgIpc) is 3.69. The zero-order chi connectivity index (χ0) is 27.4. The fourth-order valence-electron chi connectivity index (χ4n) is 4.93. The van der Waals surface area contributed by atoms with Crippen molar-refractivity contribution in [1.29, 1.82) is 5.41 Å². The van der Waals surface area contributed by atoms with Gasteiger partial charge in [0, 0.05) is 29.9 Å². The summed E-state index contributed by atoms with van der Waals surface area (Å²) in [6, 6.07) is 19.4. The second kappa shape index (κ2) is 11.2. The summed E-state index contributed by atoms with van der Waals surface area (Å²) in [5.74, 6) is 0.535. The largest absolute Gasteiger partial charge is 0.464 e. The molecule has 0 bridgehead atoms. The van der Waals surface area contributed by atoms with Gasteiger partial charge in [-0.1, -0.05) is 12.1 Å². The lowest BCUT2D eigenvalue weighted by Gasteiger charge is -2.27. The topological polar surface area (TPSA) is 140 Å². The van der Waals surface area contributed by atoms with Gasteiger partial charge in [-0.05, 0) is 73.9 Å². The van der Waals surface area contributed by atoms with Crippen molar-refractivity contribution in [2.75, 3.05) is 18.5 Å². The van der Waals surface area contributed by atoms with Gasteiger partial charge < -0.3 is 20.4 Å². The number of anilines is 1. The number of benzene rings is 2. The van der Waals surface area contributed by atoms with Crippen LogP contribution in [0.2, 0.25) is 0 Å². The Morgan fingerprint density at radius 3 is 2.64 bits per heavy atom. The number of ether oxygens (including phenoxy) is 1. The molecule has 0 amide bonds. The molecule has 202 valence electrons. The van der Waals surface area contributed by atoms with Gasteiger partial charge in [-0.2, -0.15) is 5.48 Å². The number of hydrogen-bond acceptors (Lipinski definition) is 8. The third-order valence-electron chi connectivity index (χ3n) is 7.22. The SMILES string of the molecule is CCOC(=O)CONC(c1ccccn1)C1(c2ccc3c(c2)nc(CNc2ccc(C(=N)N)cc2)n3C)CC1. The molecule has 1 fully saturated rings. The molecule has 10 nitrogen and oxygen atoms in total. The predicted octanol–water partition coefficient (Wildman–Crippen LogP) is 3.72. The number of pyridine rings is 1. The minimum absolute atomic E-state index is 0.0483. The van der Waals surface area contributed by atoms with Crippen LogP contribution >= 0.6 is 0 Å². The van der Waals surface area contributed by atoms with Crippen molar-refractivity contribution in [2.24, 2.45) is 12.8 Å². The Hall–Kier alpha value is -4.28. The first-order valence-corrected chi connectivity index (χ1v) is 13.0. The number of nitrogens with zero attached hydrogens (tertiary/aromatic N) is 3. The number of rotatable bonds is 12. The molecule has 2 aromatic carbocycles. The molecule has 5 rings (SSSR count). The number of carbonyl (C=O) groups excluding carboxylic acids is 1. The molecular weight excluding hydrogens is 494 g/mol. The van der Waals surface area contributed by atoms with E-state index in [-0.39, 0.29) is 23.9 Å². The summed E-state index contributed by atoms with van der Waals surface area (Å²) < 4.78 is 7.08. The highest BCUT2D eigenvalue weighted by Gasteiger charge is 2.52. The number of esters is 1. The van der Waals surface area contributed by atoms with Crippen LogP contribution in [0.25, 0.3) is 11.0 Å². The average molecular weight is 528 g/mol. The number of nitrogens with two attached hydrogens (primary N) is 1. The van der Waals surface area contributed by atoms with Crippen LogP contribution in [0.4, 0.5) is 5.69 Å². The minimum atomic E-state index is -0.416. The normalized spacial score (nSPS) is 14.6. The number of fused-ring (bicyclic) bond motifs is 1. The molecule has 0 radical (unpaired) electrons. The summed E-state index contributed by atoms with van der Waals surface area (Å²) in [7, 11) is 2.01. The van der Waals surface area contributed by atoms with Crippen LogP contribution in [-0.4, -0.2) is 39.6 Å². The van der Waals surface area contributed by atoms with E-state index in [2.05, 4.69) is 38.5 Å². The van der Waals surface area contributed by atoms with Crippen molar-refractivity contribution >= 4 is 28.5 Å². The molecule has 10 heteroatoms. The first-order chi connectivity index (χ1) is 18.9. The number of nitrogens with one attached hydrogen (secondary N) is 3. The fraction of sp³-hybridized carbons (Fsp3) is 0.310. The predicted molar refractivity (Wildman–Crippen MR) is 149 cm³/mol. The van der Waals surface area contributed by atoms with E-state index in [4.69, 9.17) is 25.7 Å². The zero-order valence-electron chi connectivity index (χ0n) is 22.1. The van der Waals surface area contributed by atoms with E-state index in [1.165, 1.54) is 0 Å². The van der Waals surface area contributed by atoms with Crippen molar-refractivity contribution in [3.8, 4) is 0 Å². The van der Waals surface area contributed by atoms with Crippen molar-refractivity contribution < 1.29 is 14.4 Å². The van der Waals surface area contributed by atoms with E-state index in [0.29, 0.717) is 18.7 Å². The number of nitrogen functional groups attached to an aromatic ring is 1. The number of imidazole rings is 1. The summed E-state index contributed by atoms with van der Waals surface area (Å²) >= 11 is 0. The van der Waals surface area contributed by atoms with Crippen LogP contribution in [0.3, 0.4) is 0 Å². The van der Waals surface area contributed by atoms with Crippen LogP contribution in [0.15, 0.2) is 66.9 Å². The smallest absolute Gasteiger partial charge is 0.334 e. The monoisotopic (exact) mass is 527 g/mol. The Balaban J connectivity index is 1.36. The molecule has 1 unspecified atom stereocenters. The molecule has 1 aliphatic rings. The highest BCUT2D eigenvalue weighted by atomic mass is 16.7. The van der Waals surface area contributed by atoms with E-state index < -0.39 is 5.97 Å². The van der Waals surface area contributed by atoms with Gasteiger partial charge in [0.1, 0.15) is 11.7 Å². The van der Waals surface area contributed by atoms with Gasteiger partial charge >= 0.3 is 5.97 Å². The lowest BCUT2D eigenvalue weighted by atomic mass is 9.86. The van der Waals surface area contributed by atoms with Crippen LogP contribution in [0.1, 0.15) is 48.5 Å². The van der Waals surface area contributed by atoms with Gasteiger partial charge in [0.15, 0.2) is 6.61 Å². The first-order valence-electron chi connectivity index (χ1n) is 13.0. The quantitative estimate of drug-likeness (QED) is 0.0946. The molecule has 39 heavy (non-hydrogen) atoms. The molecule has 2 aromatic heterocycles. The highest BCUT2D eigenvalue weighted by molar-refractivity contribution is 5.95. The van der Waals surface area contributed by atoms with Crippen molar-refractivity contribution in [1.82, 2.24) is 20.0 Å². The van der Waals surface area contributed by atoms with Gasteiger partial charge in [-0.15, -0.1) is 0 Å². The van der Waals surface area contributed by atoms with E-state index in [1.807, 2.05) is 49.5 Å². The molecule has 1 saturated carbocycles. The van der Waals surface area contributed by atoms with E-state index in [0.717, 1.165) is 46.6 Å². The Kier molecular flexibility index (Phi) is 7.58. The van der Waals surface area contributed by atoms with Crippen LogP contribution < -0.4 is 16.5 Å². The summed E-state index contributed by atoms with van der Waals surface area (Å²) in [6.45, 7) is 2.44. The Labute approximate surface area is 227 Å². The van der Waals surface area contributed by atoms with Gasteiger partial charge in [-0.25, -0.2) is 9.78 Å². The van der Waals surface area contributed by atoms with Gasteiger partial charge in [0.25, 0.3) is 0 Å². The van der Waals surface area contributed by atoms with E-state index >= 15 is 0 Å². The summed E-state index contributed by atoms with van der Waals surface area (Å²) in [4.78, 5) is 27.0. The maximum absolute atomic E-state index is 11.8. The number of carbonyl (C=O) groups is 1. The summed E-state index contributed by atoms with van der Waals surface area (Å²) in [5, 5.41) is 10.9. The van der Waals surface area contributed by atoms with Crippen LogP contribution in [0.5, 0.6) is 0 Å². The summed E-state index contributed by atoms with van der Waals surface area (Å²) in [5.41, 5.74) is 14.0. The maximum atomic E-state index is 11.8. The Bertz CT molecular complexity index is 1460. The Morgan fingerprint density at radius 1 is 1.18 bits per heavy atom. The maximum Gasteiger partial charge on any atom is 0.334 e. The Morgan fingerprint density at radius 2 is 1.97 bits per heavy atom. The van der Waals surface area contributed by atoms with E-state index in [1.54, 1.807) is 13.1 Å². The molecule has 5 N–H and O–H groups in total. The van der Waals surface area contributed by atoms with Gasteiger partial charge in [-0.3, -0.25) is 15.2 Å². The second-order valence-corrected chi connectivity index (χ2v) is 9.69. The lowest BCUT2D eigenvalue weighted by Crippen LogP contribution is -2.34. The highest BCUT2D eigenvalue weighted by Crippen LogP contribution is 2.56. The molecule has 2 heterocycles. The van der Waals surface area contributed by atoms with E-state index in [9.17, 15) is 4.79 Å². The third kappa shape index (κ3) is 5.62. The molecule has 1 atom stereocenters. The van der Waals surface area contributed by atoms with Crippen molar-refractivity contribution in [3.63, 3.8) is 0 Å². The first kappa shape index (κ1) is 26.3. The van der Waals surface area contributed by atoms with Crippen LogP contribution in [0, 0.1) is 5.41 Å². The number of aromatic nitrogens is 3. The van der Waals surface area contributed by atoms with Crippen molar-refractivity contribution in [2.45, 2.75) is 37.8 Å². The second-order valence-electron chi connectivity index (χ2n) is 9.69. The van der Waals surface area contributed by atoms with Gasteiger partial charge in [0.05, 0.1) is 35.9 Å². The fourth-order valence-corrected chi connectivity index (χ4v) is 4.93. The number of hydrogen-bond donors (Lipinski definition) is 4. The van der Waals surface area contributed by atoms with Crippen molar-refractivity contribution in [3.05, 3.63) is 89.5 Å². The number of amidine groups is 1. The van der Waals surface area contributed by atoms with Crippen LogP contribution in [-0.2, 0) is 33.4 Å². The molecular formula is C29H33N7O3.